The van der Waals surface area contributed by atoms with E-state index < -0.39 is 20.0 Å². The summed E-state index contributed by atoms with van der Waals surface area (Å²) >= 11 is 6.16. The van der Waals surface area contributed by atoms with Gasteiger partial charge in [-0.3, -0.25) is 0 Å². The standard InChI is InChI=1S/C15H14ClN3O4S2/c1-24(20,21)18-19(25(22,23)11-6-3-2-4-7-11)14-9-5-8-13-15(14)12(16)10-17-13/h2-10,17-18H,1H3. The molecule has 0 aliphatic heterocycles. The van der Waals surface area contributed by atoms with Crippen LogP contribution in [0.3, 0.4) is 0 Å². The molecule has 0 radical (unpaired) electrons. The normalized spacial score (nSPS) is 12.4. The fourth-order valence-electron chi connectivity index (χ4n) is 2.37. The third-order valence-electron chi connectivity index (χ3n) is 3.38. The summed E-state index contributed by atoms with van der Waals surface area (Å²) in [5.41, 5.74) is 0.670. The second-order valence-electron chi connectivity index (χ2n) is 5.28. The number of H-pyrrole nitrogens is 1. The highest BCUT2D eigenvalue weighted by Crippen LogP contribution is 2.34. The van der Waals surface area contributed by atoms with Crippen molar-refractivity contribution in [3.8, 4) is 0 Å². The molecule has 10 heteroatoms. The van der Waals surface area contributed by atoms with Crippen LogP contribution in [0.15, 0.2) is 59.6 Å². The Balaban J connectivity index is 2.28. The number of rotatable bonds is 5. The number of hydrogen-bond acceptors (Lipinski definition) is 4. The molecule has 3 aromatic rings. The lowest BCUT2D eigenvalue weighted by Gasteiger charge is -2.24. The zero-order valence-electron chi connectivity index (χ0n) is 13.0. The smallest absolute Gasteiger partial charge is 0.278 e. The van der Waals surface area contributed by atoms with Crippen LogP contribution in [-0.2, 0) is 20.0 Å². The van der Waals surface area contributed by atoms with E-state index in [4.69, 9.17) is 11.6 Å². The van der Waals surface area contributed by atoms with E-state index in [1.165, 1.54) is 24.4 Å². The maximum atomic E-state index is 13.0. The Kier molecular flexibility index (Phi) is 4.50. The van der Waals surface area contributed by atoms with Gasteiger partial charge in [-0.25, -0.2) is 8.42 Å². The first-order valence-electron chi connectivity index (χ1n) is 7.03. The van der Waals surface area contributed by atoms with Crippen molar-refractivity contribution in [2.24, 2.45) is 0 Å². The van der Waals surface area contributed by atoms with Gasteiger partial charge in [0.1, 0.15) is 0 Å². The Morgan fingerprint density at radius 3 is 2.32 bits per heavy atom. The molecular weight excluding hydrogens is 386 g/mol. The molecule has 0 unspecified atom stereocenters. The van der Waals surface area contributed by atoms with Crippen molar-refractivity contribution in [3.63, 3.8) is 0 Å². The van der Waals surface area contributed by atoms with Crippen LogP contribution in [0.25, 0.3) is 10.9 Å². The van der Waals surface area contributed by atoms with Gasteiger partial charge in [0.25, 0.3) is 10.0 Å². The maximum Gasteiger partial charge on any atom is 0.278 e. The average molecular weight is 400 g/mol. The van der Waals surface area contributed by atoms with Crippen molar-refractivity contribution < 1.29 is 16.8 Å². The Hall–Kier alpha value is -2.07. The second kappa shape index (κ2) is 6.34. The molecule has 0 saturated carbocycles. The summed E-state index contributed by atoms with van der Waals surface area (Å²) in [6.07, 6.45) is 2.38. The molecule has 132 valence electrons. The van der Waals surface area contributed by atoms with Crippen LogP contribution < -0.4 is 9.25 Å². The van der Waals surface area contributed by atoms with E-state index >= 15 is 0 Å². The molecule has 3 rings (SSSR count). The SMILES string of the molecule is CS(=O)(=O)NN(c1cccc2[nH]cc(Cl)c12)S(=O)(=O)c1ccccc1. The van der Waals surface area contributed by atoms with Crippen molar-refractivity contribution in [1.82, 2.24) is 9.82 Å². The van der Waals surface area contributed by atoms with Gasteiger partial charge in [-0.1, -0.05) is 35.9 Å². The molecule has 1 heterocycles. The van der Waals surface area contributed by atoms with Gasteiger partial charge >= 0.3 is 0 Å². The van der Waals surface area contributed by atoms with E-state index in [0.29, 0.717) is 15.3 Å². The molecule has 0 spiro atoms. The summed E-state index contributed by atoms with van der Waals surface area (Å²) in [4.78, 5) is 4.91. The van der Waals surface area contributed by atoms with Crippen LogP contribution in [0.4, 0.5) is 5.69 Å². The van der Waals surface area contributed by atoms with Crippen LogP contribution in [0.2, 0.25) is 5.02 Å². The Bertz CT molecular complexity index is 1130. The number of aromatic nitrogens is 1. The largest absolute Gasteiger partial charge is 0.360 e. The highest BCUT2D eigenvalue weighted by atomic mass is 35.5. The predicted molar refractivity (Wildman–Crippen MR) is 97.4 cm³/mol. The van der Waals surface area contributed by atoms with E-state index in [2.05, 4.69) is 9.82 Å². The van der Waals surface area contributed by atoms with E-state index in [9.17, 15) is 16.8 Å². The molecule has 0 fully saturated rings. The third kappa shape index (κ3) is 3.49. The maximum absolute atomic E-state index is 13.0. The Morgan fingerprint density at radius 2 is 1.68 bits per heavy atom. The number of hydrazine groups is 1. The molecule has 0 amide bonds. The van der Waals surface area contributed by atoms with Crippen molar-refractivity contribution in [2.75, 3.05) is 10.7 Å². The molecule has 0 bridgehead atoms. The number of benzene rings is 2. The fourth-order valence-corrected chi connectivity index (χ4v) is 4.94. The Labute approximate surface area is 150 Å². The number of nitrogens with one attached hydrogen (secondary N) is 2. The molecule has 0 aliphatic carbocycles. The number of hydrogen-bond donors (Lipinski definition) is 2. The number of nitrogens with zero attached hydrogens (tertiary/aromatic N) is 1. The van der Waals surface area contributed by atoms with Gasteiger partial charge < -0.3 is 4.98 Å². The van der Waals surface area contributed by atoms with Gasteiger partial charge in [0.15, 0.2) is 0 Å². The fraction of sp³-hybridized carbons (Fsp3) is 0.0667. The van der Waals surface area contributed by atoms with E-state index in [1.807, 2.05) is 0 Å². The number of sulfonamides is 2. The zero-order valence-corrected chi connectivity index (χ0v) is 15.4. The summed E-state index contributed by atoms with van der Waals surface area (Å²) in [6, 6.07) is 12.3. The zero-order chi connectivity index (χ0) is 18.2. The van der Waals surface area contributed by atoms with Crippen LogP contribution in [0, 0.1) is 0 Å². The first-order chi connectivity index (χ1) is 11.7. The van der Waals surface area contributed by atoms with Crippen molar-refractivity contribution in [1.29, 1.82) is 0 Å². The quantitative estimate of drug-likeness (QED) is 0.644. The molecular formula is C15H14ClN3O4S2. The van der Waals surface area contributed by atoms with Gasteiger partial charge in [0.2, 0.25) is 10.0 Å². The first kappa shape index (κ1) is 17.7. The molecule has 2 aromatic carbocycles. The number of anilines is 1. The minimum Gasteiger partial charge on any atom is -0.360 e. The minimum absolute atomic E-state index is 0.0604. The summed E-state index contributed by atoms with van der Waals surface area (Å²) in [5, 5.41) is 0.661. The summed E-state index contributed by atoms with van der Waals surface area (Å²) < 4.78 is 50.3. The highest BCUT2D eigenvalue weighted by Gasteiger charge is 2.29. The van der Waals surface area contributed by atoms with E-state index in [-0.39, 0.29) is 15.6 Å². The van der Waals surface area contributed by atoms with Crippen molar-refractivity contribution >= 4 is 48.2 Å². The summed E-state index contributed by atoms with van der Waals surface area (Å²) in [5.74, 6) is 0. The first-order valence-corrected chi connectivity index (χ1v) is 10.7. The third-order valence-corrected chi connectivity index (χ3v) is 5.95. The van der Waals surface area contributed by atoms with E-state index in [1.54, 1.807) is 30.3 Å². The number of fused-ring (bicyclic) bond motifs is 1. The average Bonchev–Trinajstić information content (AvgIpc) is 2.94. The monoisotopic (exact) mass is 399 g/mol. The number of aromatic amines is 1. The van der Waals surface area contributed by atoms with Crippen molar-refractivity contribution in [2.45, 2.75) is 4.90 Å². The topological polar surface area (TPSA) is 99.3 Å². The second-order valence-corrected chi connectivity index (χ2v) is 9.20. The van der Waals surface area contributed by atoms with E-state index in [0.717, 1.165) is 6.26 Å². The lowest BCUT2D eigenvalue weighted by molar-refractivity contribution is 0.573. The Morgan fingerprint density at radius 1 is 1.00 bits per heavy atom. The molecule has 0 atom stereocenters. The van der Waals surface area contributed by atoms with Gasteiger partial charge in [-0.2, -0.15) is 12.8 Å². The molecule has 0 saturated heterocycles. The van der Waals surface area contributed by atoms with Gasteiger partial charge in [0, 0.05) is 17.1 Å². The molecule has 2 N–H and O–H groups in total. The highest BCUT2D eigenvalue weighted by molar-refractivity contribution is 7.94. The number of halogens is 1. The van der Waals surface area contributed by atoms with Crippen LogP contribution in [-0.4, -0.2) is 28.1 Å². The minimum atomic E-state index is -4.20. The van der Waals surface area contributed by atoms with Crippen LogP contribution in [0.5, 0.6) is 0 Å². The van der Waals surface area contributed by atoms with Gasteiger partial charge in [-0.05, 0) is 24.3 Å². The summed E-state index contributed by atoms with van der Waals surface area (Å²) in [6.45, 7) is 0. The van der Waals surface area contributed by atoms with Gasteiger partial charge in [0.05, 0.1) is 21.9 Å². The van der Waals surface area contributed by atoms with Crippen molar-refractivity contribution in [3.05, 3.63) is 59.8 Å². The summed E-state index contributed by atoms with van der Waals surface area (Å²) in [7, 11) is -8.09. The van der Waals surface area contributed by atoms with Crippen LogP contribution in [0.1, 0.15) is 0 Å². The molecule has 1 aromatic heterocycles. The molecule has 7 nitrogen and oxygen atoms in total. The predicted octanol–water partition coefficient (Wildman–Crippen LogP) is 2.48. The lowest BCUT2D eigenvalue weighted by Crippen LogP contribution is -2.46. The lowest BCUT2D eigenvalue weighted by atomic mass is 10.2. The van der Waals surface area contributed by atoms with Gasteiger partial charge in [-0.15, -0.1) is 4.83 Å². The molecule has 0 aliphatic rings. The molecule has 25 heavy (non-hydrogen) atoms. The van der Waals surface area contributed by atoms with Crippen LogP contribution >= 0.6 is 11.6 Å².